The predicted molar refractivity (Wildman–Crippen MR) is 115 cm³/mol. The zero-order chi connectivity index (χ0) is 20.9. The number of hydrogen-bond acceptors (Lipinski definition) is 4. The molecule has 2 aliphatic heterocycles. The number of rotatable bonds is 5. The number of carbonyl (C=O) groups is 2. The van der Waals surface area contributed by atoms with Crippen molar-refractivity contribution in [1.29, 1.82) is 0 Å². The molecule has 2 aliphatic rings. The van der Waals surface area contributed by atoms with E-state index in [1.54, 1.807) is 0 Å². The number of carbonyl (C=O) groups excluding carboxylic acids is 2. The third-order valence-corrected chi connectivity index (χ3v) is 5.95. The Labute approximate surface area is 178 Å². The molecule has 1 atom stereocenters. The fourth-order valence-corrected chi connectivity index (χ4v) is 4.25. The minimum Gasteiger partial charge on any atom is -0.484 e. The van der Waals surface area contributed by atoms with Crippen LogP contribution in [0.5, 0.6) is 5.75 Å². The van der Waals surface area contributed by atoms with Crippen LogP contribution in [-0.4, -0.2) is 71.9 Å². The van der Waals surface area contributed by atoms with E-state index in [9.17, 15) is 9.59 Å². The Kier molecular flexibility index (Phi) is 6.33. The van der Waals surface area contributed by atoms with Crippen molar-refractivity contribution in [1.82, 2.24) is 14.7 Å². The molecule has 30 heavy (non-hydrogen) atoms. The molecule has 0 spiro atoms. The van der Waals surface area contributed by atoms with Crippen LogP contribution in [0.25, 0.3) is 0 Å². The zero-order valence-electron chi connectivity index (χ0n) is 17.5. The predicted octanol–water partition coefficient (Wildman–Crippen LogP) is 2.32. The van der Waals surface area contributed by atoms with E-state index < -0.39 is 0 Å². The molecule has 0 bridgehead atoms. The topological polar surface area (TPSA) is 53.1 Å². The highest BCUT2D eigenvalue weighted by molar-refractivity contribution is 5.83. The second-order valence-electron chi connectivity index (χ2n) is 8.07. The number of piperazine rings is 1. The minimum absolute atomic E-state index is 0.0232. The number of nitrogens with zero attached hydrogens (tertiary/aromatic N) is 3. The van der Waals surface area contributed by atoms with Crippen LogP contribution in [0, 0.1) is 6.92 Å². The number of amides is 2. The summed E-state index contributed by atoms with van der Waals surface area (Å²) in [6.07, 6.45) is 0.667. The van der Waals surface area contributed by atoms with Crippen molar-refractivity contribution in [3.05, 3.63) is 65.7 Å². The highest BCUT2D eigenvalue weighted by Crippen LogP contribution is 2.20. The van der Waals surface area contributed by atoms with Crippen molar-refractivity contribution in [2.45, 2.75) is 25.9 Å². The van der Waals surface area contributed by atoms with Crippen LogP contribution in [0.15, 0.2) is 54.6 Å². The highest BCUT2D eigenvalue weighted by Gasteiger charge is 2.37. The fraction of sp³-hybridized carbons (Fsp3) is 0.417. The monoisotopic (exact) mass is 407 g/mol. The molecular formula is C24H29N3O3. The lowest BCUT2D eigenvalue weighted by atomic mass is 10.1. The van der Waals surface area contributed by atoms with Gasteiger partial charge in [0.1, 0.15) is 5.75 Å². The van der Waals surface area contributed by atoms with Crippen LogP contribution in [0.4, 0.5) is 0 Å². The van der Waals surface area contributed by atoms with E-state index in [1.165, 1.54) is 0 Å². The van der Waals surface area contributed by atoms with Crippen molar-refractivity contribution in [2.24, 2.45) is 0 Å². The average Bonchev–Trinajstić information content (AvgIpc) is 2.98. The van der Waals surface area contributed by atoms with Gasteiger partial charge in [-0.1, -0.05) is 42.5 Å². The molecule has 6 nitrogen and oxygen atoms in total. The van der Waals surface area contributed by atoms with Gasteiger partial charge in [-0.05, 0) is 36.6 Å². The number of hydrogen-bond donors (Lipinski definition) is 0. The Hall–Kier alpha value is -2.86. The number of fused-ring (bicyclic) bond motifs is 1. The largest absolute Gasteiger partial charge is 0.484 e. The van der Waals surface area contributed by atoms with E-state index in [2.05, 4.69) is 17.0 Å². The van der Waals surface area contributed by atoms with Gasteiger partial charge in [-0.2, -0.15) is 0 Å². The molecule has 2 aromatic rings. The van der Waals surface area contributed by atoms with Gasteiger partial charge in [-0.15, -0.1) is 0 Å². The Morgan fingerprint density at radius 1 is 1.00 bits per heavy atom. The van der Waals surface area contributed by atoms with E-state index in [1.807, 2.05) is 59.2 Å². The summed E-state index contributed by atoms with van der Waals surface area (Å²) < 4.78 is 5.69. The van der Waals surface area contributed by atoms with Crippen LogP contribution in [0.2, 0.25) is 0 Å². The summed E-state index contributed by atoms with van der Waals surface area (Å²) in [5.74, 6) is 0.864. The highest BCUT2D eigenvalue weighted by atomic mass is 16.5. The van der Waals surface area contributed by atoms with E-state index in [0.29, 0.717) is 31.8 Å². The van der Waals surface area contributed by atoms with Crippen LogP contribution in [0.1, 0.15) is 17.5 Å². The number of benzene rings is 2. The van der Waals surface area contributed by atoms with Gasteiger partial charge in [0.15, 0.2) is 6.61 Å². The van der Waals surface area contributed by atoms with E-state index in [0.717, 1.165) is 30.8 Å². The lowest BCUT2D eigenvalue weighted by Crippen LogP contribution is -2.56. The van der Waals surface area contributed by atoms with Crippen LogP contribution in [0.3, 0.4) is 0 Å². The van der Waals surface area contributed by atoms with Gasteiger partial charge < -0.3 is 14.5 Å². The third-order valence-electron chi connectivity index (χ3n) is 5.95. The summed E-state index contributed by atoms with van der Waals surface area (Å²) in [6.45, 7) is 6.21. The smallest absolute Gasteiger partial charge is 0.260 e. The first kappa shape index (κ1) is 20.4. The van der Waals surface area contributed by atoms with Gasteiger partial charge in [-0.3, -0.25) is 14.5 Å². The van der Waals surface area contributed by atoms with Gasteiger partial charge in [0.2, 0.25) is 5.91 Å². The lowest BCUT2D eigenvalue weighted by molar-refractivity contribution is -0.142. The van der Waals surface area contributed by atoms with Gasteiger partial charge in [0.05, 0.1) is 6.04 Å². The molecule has 0 saturated carbocycles. The standard InChI is InChI=1S/C24H29N3O3/c1-19-6-5-9-21(16-19)30-18-23(28)26-11-10-22-24(29)27(15-13-25(22)12-14-26)17-20-7-3-2-4-8-20/h2-9,16,22H,10-15,17-18H2,1H3. The molecule has 2 fully saturated rings. The molecule has 2 heterocycles. The SMILES string of the molecule is Cc1cccc(OCC(=O)N2CCC3C(=O)N(Cc4ccccc4)CCN3CC2)c1. The molecule has 158 valence electrons. The van der Waals surface area contributed by atoms with Gasteiger partial charge in [0, 0.05) is 39.3 Å². The molecular weight excluding hydrogens is 378 g/mol. The van der Waals surface area contributed by atoms with Gasteiger partial charge >= 0.3 is 0 Å². The first-order valence-corrected chi connectivity index (χ1v) is 10.6. The molecule has 2 amide bonds. The first-order valence-electron chi connectivity index (χ1n) is 10.6. The van der Waals surface area contributed by atoms with Gasteiger partial charge in [0.25, 0.3) is 5.91 Å². The van der Waals surface area contributed by atoms with Crippen LogP contribution < -0.4 is 4.74 Å². The normalized spacial score (nSPS) is 19.9. The molecule has 4 rings (SSSR count). The summed E-state index contributed by atoms with van der Waals surface area (Å²) in [7, 11) is 0. The Balaban J connectivity index is 1.33. The van der Waals surface area contributed by atoms with E-state index in [-0.39, 0.29) is 24.5 Å². The van der Waals surface area contributed by atoms with Crippen LogP contribution >= 0.6 is 0 Å². The molecule has 0 radical (unpaired) electrons. The van der Waals surface area contributed by atoms with E-state index >= 15 is 0 Å². The van der Waals surface area contributed by atoms with Crippen LogP contribution in [-0.2, 0) is 16.1 Å². The second-order valence-corrected chi connectivity index (χ2v) is 8.07. The second kappa shape index (κ2) is 9.30. The molecule has 2 aromatic carbocycles. The van der Waals surface area contributed by atoms with Crippen molar-refractivity contribution in [2.75, 3.05) is 39.3 Å². The Morgan fingerprint density at radius 2 is 1.80 bits per heavy atom. The quantitative estimate of drug-likeness (QED) is 0.763. The van der Waals surface area contributed by atoms with Crippen molar-refractivity contribution >= 4 is 11.8 Å². The molecule has 0 N–H and O–H groups in total. The molecule has 6 heteroatoms. The third kappa shape index (κ3) is 4.82. The summed E-state index contributed by atoms with van der Waals surface area (Å²) in [5, 5.41) is 0. The zero-order valence-corrected chi connectivity index (χ0v) is 17.5. The molecule has 0 aromatic heterocycles. The fourth-order valence-electron chi connectivity index (χ4n) is 4.25. The molecule has 1 unspecified atom stereocenters. The Morgan fingerprint density at radius 3 is 2.60 bits per heavy atom. The maximum absolute atomic E-state index is 13.1. The Bertz CT molecular complexity index is 886. The first-order chi connectivity index (χ1) is 14.6. The summed E-state index contributed by atoms with van der Waals surface area (Å²) in [6, 6.07) is 17.7. The lowest BCUT2D eigenvalue weighted by Gasteiger charge is -2.39. The average molecular weight is 408 g/mol. The van der Waals surface area contributed by atoms with Crippen molar-refractivity contribution < 1.29 is 14.3 Å². The summed E-state index contributed by atoms with van der Waals surface area (Å²) >= 11 is 0. The minimum atomic E-state index is -0.141. The maximum Gasteiger partial charge on any atom is 0.260 e. The molecule has 0 aliphatic carbocycles. The number of ether oxygens (including phenoxy) is 1. The van der Waals surface area contributed by atoms with Crippen molar-refractivity contribution in [3.63, 3.8) is 0 Å². The number of aryl methyl sites for hydroxylation is 1. The summed E-state index contributed by atoms with van der Waals surface area (Å²) in [4.78, 5) is 31.8. The molecule has 2 saturated heterocycles. The van der Waals surface area contributed by atoms with Crippen molar-refractivity contribution in [3.8, 4) is 5.75 Å². The summed E-state index contributed by atoms with van der Waals surface area (Å²) in [5.41, 5.74) is 2.25. The van der Waals surface area contributed by atoms with Gasteiger partial charge in [-0.25, -0.2) is 0 Å². The van der Waals surface area contributed by atoms with E-state index in [4.69, 9.17) is 4.74 Å². The maximum atomic E-state index is 13.1.